The molecule has 0 aliphatic heterocycles. The molecule has 0 spiro atoms. The molecule has 1 aromatic carbocycles. The number of rotatable bonds is 8. The quantitative estimate of drug-likeness (QED) is 0.749. The Hall–Kier alpha value is -0.820. The Kier molecular flexibility index (Phi) is 7.29. The van der Waals surface area contributed by atoms with Gasteiger partial charge >= 0.3 is 0 Å². The zero-order chi connectivity index (χ0) is 15.1. The van der Waals surface area contributed by atoms with Gasteiger partial charge in [-0.3, -0.25) is 0 Å². The van der Waals surface area contributed by atoms with Crippen molar-refractivity contribution in [2.75, 3.05) is 47.9 Å². The fraction of sp³-hybridized carbons (Fsp3) is 0.571. The minimum Gasteiger partial charge on any atom is -0.493 e. The van der Waals surface area contributed by atoms with Gasteiger partial charge in [-0.15, -0.1) is 0 Å². The molecule has 1 unspecified atom stereocenters. The lowest BCUT2D eigenvalue weighted by atomic mass is 10.1. The summed E-state index contributed by atoms with van der Waals surface area (Å²) in [5.41, 5.74) is 6.96. The molecule has 3 N–H and O–H groups in total. The number of halogens is 1. The highest BCUT2D eigenvalue weighted by Gasteiger charge is 2.16. The first kappa shape index (κ1) is 17.2. The van der Waals surface area contributed by atoms with E-state index in [0.717, 1.165) is 23.1 Å². The van der Waals surface area contributed by atoms with Crippen molar-refractivity contribution in [1.29, 1.82) is 0 Å². The molecule has 5 nitrogen and oxygen atoms in total. The minimum absolute atomic E-state index is 0.0733. The molecule has 0 aliphatic rings. The Morgan fingerprint density at radius 3 is 2.35 bits per heavy atom. The highest BCUT2D eigenvalue weighted by molar-refractivity contribution is 9.10. The number of likely N-dealkylation sites (N-methyl/N-ethyl adjacent to an activating group) is 1. The number of nitrogens with two attached hydrogens (primary N) is 1. The lowest BCUT2D eigenvalue weighted by molar-refractivity contribution is 0.352. The molecule has 0 radical (unpaired) electrons. The summed E-state index contributed by atoms with van der Waals surface area (Å²) in [7, 11) is 7.35. The third-order valence-corrected chi connectivity index (χ3v) is 3.75. The predicted octanol–water partition coefficient (Wildman–Crippen LogP) is 1.62. The SMILES string of the molecule is COc1cc(Br)c(C(CN)NCCN(C)C)cc1OC. The number of ether oxygens (including phenoxy) is 2. The Bertz CT molecular complexity index is 427. The second-order valence-corrected chi connectivity index (χ2v) is 5.63. The Labute approximate surface area is 129 Å². The van der Waals surface area contributed by atoms with Crippen molar-refractivity contribution in [3.05, 3.63) is 22.2 Å². The van der Waals surface area contributed by atoms with E-state index in [-0.39, 0.29) is 6.04 Å². The van der Waals surface area contributed by atoms with Gasteiger partial charge in [0.25, 0.3) is 0 Å². The smallest absolute Gasteiger partial charge is 0.161 e. The van der Waals surface area contributed by atoms with Gasteiger partial charge in [0, 0.05) is 30.1 Å². The number of hydrogen-bond donors (Lipinski definition) is 2. The van der Waals surface area contributed by atoms with Crippen LogP contribution in [0.25, 0.3) is 0 Å². The van der Waals surface area contributed by atoms with Crippen molar-refractivity contribution in [3.63, 3.8) is 0 Å². The van der Waals surface area contributed by atoms with Crippen LogP contribution in [0.2, 0.25) is 0 Å². The molecule has 0 heterocycles. The van der Waals surface area contributed by atoms with E-state index in [1.807, 2.05) is 26.2 Å². The summed E-state index contributed by atoms with van der Waals surface area (Å²) in [6.45, 7) is 2.35. The van der Waals surface area contributed by atoms with E-state index < -0.39 is 0 Å². The lowest BCUT2D eigenvalue weighted by Gasteiger charge is -2.21. The van der Waals surface area contributed by atoms with Gasteiger partial charge in [0.2, 0.25) is 0 Å². The van der Waals surface area contributed by atoms with Crippen molar-refractivity contribution in [3.8, 4) is 11.5 Å². The second kappa shape index (κ2) is 8.46. The van der Waals surface area contributed by atoms with Crippen molar-refractivity contribution in [2.45, 2.75) is 6.04 Å². The number of methoxy groups -OCH3 is 2. The van der Waals surface area contributed by atoms with Crippen LogP contribution in [0.3, 0.4) is 0 Å². The molecule has 20 heavy (non-hydrogen) atoms. The van der Waals surface area contributed by atoms with E-state index >= 15 is 0 Å². The van der Waals surface area contributed by atoms with Crippen LogP contribution in [-0.4, -0.2) is 52.8 Å². The summed E-state index contributed by atoms with van der Waals surface area (Å²) in [5, 5.41) is 3.45. The molecule has 1 rings (SSSR count). The molecular weight excluding hydrogens is 322 g/mol. The first-order valence-corrected chi connectivity index (χ1v) is 7.32. The van der Waals surface area contributed by atoms with Gasteiger partial charge in [0.1, 0.15) is 0 Å². The number of nitrogens with zero attached hydrogens (tertiary/aromatic N) is 1. The summed E-state index contributed by atoms with van der Waals surface area (Å²) < 4.78 is 11.6. The molecule has 0 aromatic heterocycles. The molecule has 0 saturated heterocycles. The van der Waals surface area contributed by atoms with E-state index in [2.05, 4.69) is 26.1 Å². The van der Waals surface area contributed by atoms with Crippen LogP contribution in [0.5, 0.6) is 11.5 Å². The molecule has 1 aromatic rings. The number of hydrogen-bond acceptors (Lipinski definition) is 5. The number of nitrogens with one attached hydrogen (secondary N) is 1. The van der Waals surface area contributed by atoms with Gasteiger partial charge < -0.3 is 25.4 Å². The van der Waals surface area contributed by atoms with Crippen molar-refractivity contribution < 1.29 is 9.47 Å². The lowest BCUT2D eigenvalue weighted by Crippen LogP contribution is -2.33. The van der Waals surface area contributed by atoms with Crippen molar-refractivity contribution in [2.24, 2.45) is 5.73 Å². The Morgan fingerprint density at radius 2 is 1.85 bits per heavy atom. The fourth-order valence-corrected chi connectivity index (χ4v) is 2.52. The van der Waals surface area contributed by atoms with Crippen LogP contribution in [0.1, 0.15) is 11.6 Å². The van der Waals surface area contributed by atoms with Gasteiger partial charge in [-0.05, 0) is 31.8 Å². The van der Waals surface area contributed by atoms with Gasteiger partial charge in [0.05, 0.1) is 14.2 Å². The monoisotopic (exact) mass is 345 g/mol. The van der Waals surface area contributed by atoms with Crippen molar-refractivity contribution in [1.82, 2.24) is 10.2 Å². The molecule has 0 fully saturated rings. The van der Waals surface area contributed by atoms with Gasteiger partial charge in [-0.25, -0.2) is 0 Å². The average molecular weight is 346 g/mol. The molecule has 0 amide bonds. The zero-order valence-corrected chi connectivity index (χ0v) is 14.2. The first-order chi connectivity index (χ1) is 9.53. The molecular formula is C14H24BrN3O2. The van der Waals surface area contributed by atoms with E-state index in [4.69, 9.17) is 15.2 Å². The first-order valence-electron chi connectivity index (χ1n) is 6.53. The maximum Gasteiger partial charge on any atom is 0.161 e. The van der Waals surface area contributed by atoms with Gasteiger partial charge in [0.15, 0.2) is 11.5 Å². The summed E-state index contributed by atoms with van der Waals surface area (Å²) in [5.74, 6) is 1.41. The maximum atomic E-state index is 5.88. The van der Waals surface area contributed by atoms with Crippen molar-refractivity contribution >= 4 is 15.9 Å². The number of benzene rings is 1. The molecule has 1 atom stereocenters. The molecule has 114 valence electrons. The standard InChI is InChI=1S/C14H24BrN3O2/c1-18(2)6-5-17-12(9-16)10-7-13(19-3)14(20-4)8-11(10)15/h7-8,12,17H,5-6,9,16H2,1-4H3. The Balaban J connectivity index is 2.91. The van der Waals surface area contributed by atoms with Crippen LogP contribution in [0.15, 0.2) is 16.6 Å². The fourth-order valence-electron chi connectivity index (χ4n) is 1.92. The maximum absolute atomic E-state index is 5.88. The van der Waals surface area contributed by atoms with Crippen LogP contribution in [0.4, 0.5) is 0 Å². The summed E-state index contributed by atoms with van der Waals surface area (Å²) in [4.78, 5) is 2.13. The molecule has 6 heteroatoms. The highest BCUT2D eigenvalue weighted by Crippen LogP contribution is 2.35. The third kappa shape index (κ3) is 4.63. The molecule has 0 bridgehead atoms. The third-order valence-electron chi connectivity index (χ3n) is 3.06. The van der Waals surface area contributed by atoms with Gasteiger partial charge in [-0.1, -0.05) is 15.9 Å². The van der Waals surface area contributed by atoms with Gasteiger partial charge in [-0.2, -0.15) is 0 Å². The average Bonchev–Trinajstić information content (AvgIpc) is 2.43. The second-order valence-electron chi connectivity index (χ2n) is 4.77. The topological polar surface area (TPSA) is 59.8 Å². The van der Waals surface area contributed by atoms with E-state index in [9.17, 15) is 0 Å². The van der Waals surface area contributed by atoms with E-state index in [1.165, 1.54) is 0 Å². The van der Waals surface area contributed by atoms with Crippen LogP contribution in [-0.2, 0) is 0 Å². The van der Waals surface area contributed by atoms with Crippen LogP contribution in [0, 0.1) is 0 Å². The Morgan fingerprint density at radius 1 is 1.25 bits per heavy atom. The summed E-state index contributed by atoms with van der Waals surface area (Å²) >= 11 is 3.57. The zero-order valence-electron chi connectivity index (χ0n) is 12.6. The van der Waals surface area contributed by atoms with E-state index in [0.29, 0.717) is 18.0 Å². The molecule has 0 saturated carbocycles. The largest absolute Gasteiger partial charge is 0.493 e. The highest BCUT2D eigenvalue weighted by atomic mass is 79.9. The normalized spacial score (nSPS) is 12.6. The predicted molar refractivity (Wildman–Crippen MR) is 85.6 cm³/mol. The van der Waals surface area contributed by atoms with Crippen LogP contribution < -0.4 is 20.5 Å². The molecule has 0 aliphatic carbocycles. The van der Waals surface area contributed by atoms with E-state index in [1.54, 1.807) is 14.2 Å². The minimum atomic E-state index is 0.0733. The summed E-state index contributed by atoms with van der Waals surface area (Å²) in [6, 6.07) is 3.94. The van der Waals surface area contributed by atoms with Crippen LogP contribution >= 0.6 is 15.9 Å². The summed E-state index contributed by atoms with van der Waals surface area (Å²) in [6.07, 6.45) is 0.